The van der Waals surface area contributed by atoms with Crippen molar-refractivity contribution in [1.29, 1.82) is 0 Å². The predicted octanol–water partition coefficient (Wildman–Crippen LogP) is 1.24. The molecule has 1 unspecified atom stereocenters. The van der Waals surface area contributed by atoms with Crippen LogP contribution in [0.15, 0.2) is 11.1 Å². The van der Waals surface area contributed by atoms with E-state index in [0.717, 1.165) is 13.0 Å². The molecule has 0 amide bonds. The van der Waals surface area contributed by atoms with Crippen molar-refractivity contribution >= 4 is 29.0 Å². The number of rotatable bonds is 1. The first-order valence-electron chi connectivity index (χ1n) is 4.30. The zero-order chi connectivity index (χ0) is 10.1. The minimum atomic E-state index is -0.310. The minimum Gasteiger partial charge on any atom is -0.354 e. The molecule has 2 heterocycles. The van der Waals surface area contributed by atoms with Gasteiger partial charge in [0.05, 0.1) is 11.7 Å². The van der Waals surface area contributed by atoms with Gasteiger partial charge in [0.25, 0.3) is 5.56 Å². The van der Waals surface area contributed by atoms with E-state index < -0.39 is 0 Å². The lowest BCUT2D eigenvalue weighted by molar-refractivity contribution is 0.922. The van der Waals surface area contributed by atoms with Gasteiger partial charge in [-0.1, -0.05) is 11.6 Å². The van der Waals surface area contributed by atoms with E-state index in [1.807, 2.05) is 4.90 Å². The summed E-state index contributed by atoms with van der Waals surface area (Å²) in [5, 5.41) is 0.255. The van der Waals surface area contributed by atoms with E-state index in [9.17, 15) is 4.79 Å². The van der Waals surface area contributed by atoms with Gasteiger partial charge in [-0.25, -0.2) is 4.98 Å². The second-order valence-corrected chi connectivity index (χ2v) is 4.20. The highest BCUT2D eigenvalue weighted by molar-refractivity contribution is 6.32. The molecule has 0 aliphatic carbocycles. The Hall–Kier alpha value is -0.740. The summed E-state index contributed by atoms with van der Waals surface area (Å²) >= 11 is 11.8. The number of hydrogen-bond acceptors (Lipinski definition) is 3. The van der Waals surface area contributed by atoms with Gasteiger partial charge in [-0.05, 0) is 6.42 Å². The highest BCUT2D eigenvalue weighted by atomic mass is 35.5. The minimum absolute atomic E-state index is 0.118. The van der Waals surface area contributed by atoms with Crippen molar-refractivity contribution in [3.05, 3.63) is 21.7 Å². The average Bonchev–Trinajstić information content (AvgIpc) is 2.57. The van der Waals surface area contributed by atoms with Crippen LogP contribution < -0.4 is 10.5 Å². The van der Waals surface area contributed by atoms with Crippen LogP contribution in [0.25, 0.3) is 0 Å². The van der Waals surface area contributed by atoms with Crippen molar-refractivity contribution in [2.75, 3.05) is 18.0 Å². The zero-order valence-corrected chi connectivity index (χ0v) is 8.85. The molecule has 0 bridgehead atoms. The van der Waals surface area contributed by atoms with Crippen LogP contribution in [0.4, 0.5) is 5.82 Å². The molecule has 0 spiro atoms. The Morgan fingerprint density at radius 2 is 2.43 bits per heavy atom. The van der Waals surface area contributed by atoms with Crippen molar-refractivity contribution in [1.82, 2.24) is 9.97 Å². The molecule has 1 saturated heterocycles. The van der Waals surface area contributed by atoms with Crippen LogP contribution in [-0.2, 0) is 0 Å². The molecule has 0 radical (unpaired) electrons. The van der Waals surface area contributed by atoms with Gasteiger partial charge in [-0.3, -0.25) is 4.79 Å². The maximum atomic E-state index is 11.2. The summed E-state index contributed by atoms with van der Waals surface area (Å²) in [5.74, 6) is 0.526. The maximum Gasteiger partial charge on any atom is 0.271 e. The van der Waals surface area contributed by atoms with Gasteiger partial charge in [0.15, 0.2) is 5.82 Å². The molecule has 1 aromatic heterocycles. The molecule has 76 valence electrons. The van der Waals surface area contributed by atoms with Gasteiger partial charge >= 0.3 is 0 Å². The van der Waals surface area contributed by atoms with Gasteiger partial charge in [0.2, 0.25) is 0 Å². The van der Waals surface area contributed by atoms with E-state index >= 15 is 0 Å². The fourth-order valence-electron chi connectivity index (χ4n) is 1.50. The Bertz CT molecular complexity index is 392. The number of nitrogens with zero attached hydrogens (tertiary/aromatic N) is 2. The molecule has 1 aliphatic rings. The van der Waals surface area contributed by atoms with E-state index in [1.54, 1.807) is 0 Å². The van der Waals surface area contributed by atoms with Gasteiger partial charge in [-0.2, -0.15) is 0 Å². The van der Waals surface area contributed by atoms with Crippen LogP contribution in [0.2, 0.25) is 5.02 Å². The first-order chi connectivity index (χ1) is 6.68. The first kappa shape index (κ1) is 9.80. The second kappa shape index (κ2) is 3.79. The SMILES string of the molecule is O=c1[nH]cnc(N2CCC(Cl)C2)c1Cl. The summed E-state index contributed by atoms with van der Waals surface area (Å²) in [7, 11) is 0. The summed E-state index contributed by atoms with van der Waals surface area (Å²) in [6.45, 7) is 1.49. The van der Waals surface area contributed by atoms with Crippen LogP contribution in [0, 0.1) is 0 Å². The van der Waals surface area contributed by atoms with E-state index in [0.29, 0.717) is 12.4 Å². The molecule has 2 rings (SSSR count). The molecule has 1 aliphatic heterocycles. The Labute approximate surface area is 90.9 Å². The van der Waals surface area contributed by atoms with E-state index in [4.69, 9.17) is 23.2 Å². The van der Waals surface area contributed by atoms with Crippen molar-refractivity contribution in [3.63, 3.8) is 0 Å². The van der Waals surface area contributed by atoms with Gasteiger partial charge in [0, 0.05) is 13.1 Å². The van der Waals surface area contributed by atoms with Crippen molar-refractivity contribution in [2.24, 2.45) is 0 Å². The van der Waals surface area contributed by atoms with E-state index in [-0.39, 0.29) is 16.0 Å². The number of hydrogen-bond donors (Lipinski definition) is 1. The lowest BCUT2D eigenvalue weighted by atomic mass is 10.4. The van der Waals surface area contributed by atoms with Crippen LogP contribution in [0.5, 0.6) is 0 Å². The third-order valence-corrected chi connectivity index (χ3v) is 2.91. The van der Waals surface area contributed by atoms with Crippen LogP contribution >= 0.6 is 23.2 Å². The Morgan fingerprint density at radius 3 is 3.07 bits per heavy atom. The number of nitrogens with one attached hydrogen (secondary N) is 1. The zero-order valence-electron chi connectivity index (χ0n) is 7.33. The third kappa shape index (κ3) is 1.72. The molecular weight excluding hydrogens is 225 g/mol. The van der Waals surface area contributed by atoms with Gasteiger partial charge in [0.1, 0.15) is 5.02 Å². The molecule has 1 atom stereocenters. The fraction of sp³-hybridized carbons (Fsp3) is 0.500. The molecule has 1 fully saturated rings. The van der Waals surface area contributed by atoms with E-state index in [2.05, 4.69) is 9.97 Å². The molecule has 1 aromatic rings. The Kier molecular flexibility index (Phi) is 2.65. The maximum absolute atomic E-state index is 11.2. The summed E-state index contributed by atoms with van der Waals surface area (Å²) in [6.07, 6.45) is 2.25. The quantitative estimate of drug-likeness (QED) is 0.743. The lowest BCUT2D eigenvalue weighted by Gasteiger charge is -2.16. The Balaban J connectivity index is 2.33. The highest BCUT2D eigenvalue weighted by Gasteiger charge is 2.23. The number of alkyl halides is 1. The smallest absolute Gasteiger partial charge is 0.271 e. The Morgan fingerprint density at radius 1 is 1.64 bits per heavy atom. The van der Waals surface area contributed by atoms with Gasteiger partial charge < -0.3 is 9.88 Å². The van der Waals surface area contributed by atoms with Crippen molar-refractivity contribution in [2.45, 2.75) is 11.8 Å². The van der Waals surface area contributed by atoms with Crippen molar-refractivity contribution < 1.29 is 0 Å². The topological polar surface area (TPSA) is 49.0 Å². The third-order valence-electron chi connectivity index (χ3n) is 2.21. The number of anilines is 1. The molecular formula is C8H9Cl2N3O. The number of aromatic amines is 1. The van der Waals surface area contributed by atoms with Crippen LogP contribution in [-0.4, -0.2) is 28.4 Å². The number of halogens is 2. The number of H-pyrrole nitrogens is 1. The largest absolute Gasteiger partial charge is 0.354 e. The molecule has 4 nitrogen and oxygen atoms in total. The summed E-state index contributed by atoms with van der Waals surface area (Å²) in [5.41, 5.74) is -0.310. The molecule has 14 heavy (non-hydrogen) atoms. The van der Waals surface area contributed by atoms with Crippen LogP contribution in [0.1, 0.15) is 6.42 Å². The first-order valence-corrected chi connectivity index (χ1v) is 5.12. The molecule has 0 saturated carbocycles. The van der Waals surface area contributed by atoms with Crippen LogP contribution in [0.3, 0.4) is 0 Å². The predicted molar refractivity (Wildman–Crippen MR) is 56.3 cm³/mol. The second-order valence-electron chi connectivity index (χ2n) is 3.20. The highest BCUT2D eigenvalue weighted by Crippen LogP contribution is 2.24. The van der Waals surface area contributed by atoms with Crippen molar-refractivity contribution in [3.8, 4) is 0 Å². The normalized spacial score (nSPS) is 21.6. The number of aromatic nitrogens is 2. The van der Waals surface area contributed by atoms with E-state index in [1.165, 1.54) is 6.33 Å². The molecule has 6 heteroatoms. The standard InChI is InChI=1S/C8H9Cl2N3O/c9-5-1-2-13(3-5)7-6(10)8(14)12-4-11-7/h4-5H,1-3H2,(H,11,12,14). The van der Waals surface area contributed by atoms with Gasteiger partial charge in [-0.15, -0.1) is 11.6 Å². The fourth-order valence-corrected chi connectivity index (χ4v) is 1.99. The average molecular weight is 234 g/mol. The summed E-state index contributed by atoms with van der Waals surface area (Å²) in [6, 6.07) is 0. The molecule has 1 N–H and O–H groups in total. The summed E-state index contributed by atoms with van der Waals surface area (Å²) < 4.78 is 0. The monoisotopic (exact) mass is 233 g/mol. The lowest BCUT2D eigenvalue weighted by Crippen LogP contribution is -2.24. The molecule has 0 aromatic carbocycles. The summed E-state index contributed by atoms with van der Waals surface area (Å²) in [4.78, 5) is 19.6.